The largest absolute Gasteiger partial charge is 0.464 e. The number of carbonyl (C=O) groups excluding carboxylic acids is 1. The van der Waals surface area contributed by atoms with E-state index in [0.717, 1.165) is 0 Å². The first kappa shape index (κ1) is 14.4. The first-order valence-electron chi connectivity index (χ1n) is 4.95. The lowest BCUT2D eigenvalue weighted by molar-refractivity contribution is -0.159. The van der Waals surface area contributed by atoms with E-state index in [1.165, 1.54) is 6.07 Å². The molecule has 1 rings (SSSR count). The van der Waals surface area contributed by atoms with Gasteiger partial charge < -0.3 is 14.9 Å². The van der Waals surface area contributed by atoms with Gasteiger partial charge in [-0.3, -0.25) is 0 Å². The van der Waals surface area contributed by atoms with Crippen molar-refractivity contribution in [3.63, 3.8) is 0 Å². The lowest BCUT2D eigenvalue weighted by Gasteiger charge is -2.18. The van der Waals surface area contributed by atoms with Gasteiger partial charge in [-0.1, -0.05) is 27.5 Å². The predicted molar refractivity (Wildman–Crippen MR) is 66.8 cm³/mol. The van der Waals surface area contributed by atoms with Crippen molar-refractivity contribution in [3.8, 4) is 0 Å². The van der Waals surface area contributed by atoms with Crippen LogP contribution in [0.4, 0.5) is 0 Å². The Kier molecular flexibility index (Phi) is 5.39. The zero-order chi connectivity index (χ0) is 13.0. The number of rotatable bonds is 4. The van der Waals surface area contributed by atoms with E-state index in [1.54, 1.807) is 19.1 Å². The van der Waals surface area contributed by atoms with E-state index in [2.05, 4.69) is 20.7 Å². The highest BCUT2D eigenvalue weighted by molar-refractivity contribution is 9.10. The molecule has 0 bridgehead atoms. The Morgan fingerprint density at radius 2 is 2.18 bits per heavy atom. The van der Waals surface area contributed by atoms with Gasteiger partial charge in [-0.05, 0) is 25.1 Å². The third kappa shape index (κ3) is 3.67. The molecule has 0 aliphatic heterocycles. The first-order valence-corrected chi connectivity index (χ1v) is 6.12. The molecule has 1 aromatic carbocycles. The molecular formula is C11H12BrClO4. The van der Waals surface area contributed by atoms with Crippen molar-refractivity contribution in [1.29, 1.82) is 0 Å². The van der Waals surface area contributed by atoms with Crippen LogP contribution in [-0.4, -0.2) is 28.9 Å². The summed E-state index contributed by atoms with van der Waals surface area (Å²) >= 11 is 9.09. The lowest BCUT2D eigenvalue weighted by atomic mass is 10.0. The summed E-state index contributed by atoms with van der Waals surface area (Å²) in [6.07, 6.45) is -3.07. The quantitative estimate of drug-likeness (QED) is 0.832. The lowest BCUT2D eigenvalue weighted by Crippen LogP contribution is -2.30. The number of aliphatic hydroxyl groups excluding tert-OH is 2. The van der Waals surface area contributed by atoms with Gasteiger partial charge in [-0.25, -0.2) is 4.79 Å². The van der Waals surface area contributed by atoms with Gasteiger partial charge in [0.1, 0.15) is 6.10 Å². The van der Waals surface area contributed by atoms with Crippen molar-refractivity contribution >= 4 is 33.5 Å². The molecule has 17 heavy (non-hydrogen) atoms. The fraction of sp³-hybridized carbons (Fsp3) is 0.364. The number of aliphatic hydroxyl groups is 2. The van der Waals surface area contributed by atoms with Crippen molar-refractivity contribution in [2.45, 2.75) is 19.1 Å². The maximum atomic E-state index is 11.3. The van der Waals surface area contributed by atoms with Crippen LogP contribution >= 0.6 is 27.5 Å². The van der Waals surface area contributed by atoms with Gasteiger partial charge in [0.15, 0.2) is 6.10 Å². The fourth-order valence-corrected chi connectivity index (χ4v) is 1.88. The fourth-order valence-electron chi connectivity index (χ4n) is 1.27. The summed E-state index contributed by atoms with van der Waals surface area (Å²) in [7, 11) is 0. The van der Waals surface area contributed by atoms with E-state index >= 15 is 0 Å². The highest BCUT2D eigenvalue weighted by Crippen LogP contribution is 2.28. The molecule has 4 nitrogen and oxygen atoms in total. The Bertz CT molecular complexity index is 410. The van der Waals surface area contributed by atoms with E-state index in [-0.39, 0.29) is 17.2 Å². The monoisotopic (exact) mass is 322 g/mol. The normalized spacial score (nSPS) is 14.2. The molecule has 0 heterocycles. The molecule has 0 aliphatic carbocycles. The van der Waals surface area contributed by atoms with Crippen LogP contribution in [0.1, 0.15) is 18.6 Å². The summed E-state index contributed by atoms with van der Waals surface area (Å²) in [5.74, 6) is -0.879. The third-order valence-corrected chi connectivity index (χ3v) is 2.94. The Morgan fingerprint density at radius 3 is 2.76 bits per heavy atom. The van der Waals surface area contributed by atoms with Crippen LogP contribution in [-0.2, 0) is 9.53 Å². The van der Waals surface area contributed by atoms with Crippen LogP contribution < -0.4 is 0 Å². The molecule has 0 aromatic heterocycles. The van der Waals surface area contributed by atoms with E-state index in [0.29, 0.717) is 4.47 Å². The number of carbonyl (C=O) groups is 1. The first-order chi connectivity index (χ1) is 7.97. The van der Waals surface area contributed by atoms with Gasteiger partial charge in [-0.15, -0.1) is 0 Å². The Balaban J connectivity index is 2.91. The zero-order valence-electron chi connectivity index (χ0n) is 9.06. The molecule has 2 N–H and O–H groups in total. The van der Waals surface area contributed by atoms with Gasteiger partial charge in [0.25, 0.3) is 0 Å². The second kappa shape index (κ2) is 6.35. The molecule has 0 saturated carbocycles. The zero-order valence-corrected chi connectivity index (χ0v) is 11.4. The molecule has 1 aromatic rings. The van der Waals surface area contributed by atoms with E-state index in [9.17, 15) is 15.0 Å². The minimum Gasteiger partial charge on any atom is -0.464 e. The molecule has 6 heteroatoms. The van der Waals surface area contributed by atoms with Crippen molar-refractivity contribution in [3.05, 3.63) is 33.3 Å². The van der Waals surface area contributed by atoms with Gasteiger partial charge in [0, 0.05) is 15.1 Å². The summed E-state index contributed by atoms with van der Waals surface area (Å²) in [6, 6.07) is 4.78. The van der Waals surface area contributed by atoms with Gasteiger partial charge in [-0.2, -0.15) is 0 Å². The minimum absolute atomic E-state index is 0.134. The SMILES string of the molecule is CCOC(=O)C(O)C(O)c1cc(Br)ccc1Cl. The van der Waals surface area contributed by atoms with E-state index in [4.69, 9.17) is 11.6 Å². The number of halogens is 2. The van der Waals surface area contributed by atoms with Gasteiger partial charge in [0.2, 0.25) is 0 Å². The van der Waals surface area contributed by atoms with Gasteiger partial charge >= 0.3 is 5.97 Å². The van der Waals surface area contributed by atoms with Crippen molar-refractivity contribution in [2.24, 2.45) is 0 Å². The highest BCUT2D eigenvalue weighted by atomic mass is 79.9. The standard InChI is InChI=1S/C11H12BrClO4/c1-2-17-11(16)10(15)9(14)7-5-6(12)3-4-8(7)13/h3-5,9-10,14-15H,2H2,1H3. The Labute approximate surface area is 112 Å². The number of benzene rings is 1. The average molecular weight is 324 g/mol. The smallest absolute Gasteiger partial charge is 0.338 e. The predicted octanol–water partition coefficient (Wildman–Crippen LogP) is 2.06. The summed E-state index contributed by atoms with van der Waals surface area (Å²) in [4.78, 5) is 11.3. The summed E-state index contributed by atoms with van der Waals surface area (Å²) in [6.45, 7) is 1.75. The van der Waals surface area contributed by atoms with Crippen molar-refractivity contribution in [1.82, 2.24) is 0 Å². The second-order valence-corrected chi connectivity index (χ2v) is 4.63. The summed E-state index contributed by atoms with van der Waals surface area (Å²) < 4.78 is 5.30. The van der Waals surface area contributed by atoms with E-state index < -0.39 is 18.2 Å². The van der Waals surface area contributed by atoms with Gasteiger partial charge in [0.05, 0.1) is 6.61 Å². The molecule has 0 aliphatic rings. The number of ether oxygens (including phenoxy) is 1. The number of esters is 1. The van der Waals surface area contributed by atoms with Crippen LogP contribution in [0, 0.1) is 0 Å². The Hall–Kier alpha value is -0.620. The number of hydrogen-bond acceptors (Lipinski definition) is 4. The summed E-state index contributed by atoms with van der Waals surface area (Å²) in [5.41, 5.74) is 0.265. The van der Waals surface area contributed by atoms with Crippen LogP contribution in [0.5, 0.6) is 0 Å². The maximum absolute atomic E-state index is 11.3. The Morgan fingerprint density at radius 1 is 1.53 bits per heavy atom. The molecule has 0 fully saturated rings. The van der Waals surface area contributed by atoms with Crippen LogP contribution in [0.3, 0.4) is 0 Å². The molecule has 0 amide bonds. The van der Waals surface area contributed by atoms with Crippen molar-refractivity contribution < 1.29 is 19.7 Å². The van der Waals surface area contributed by atoms with Crippen molar-refractivity contribution in [2.75, 3.05) is 6.61 Å². The molecule has 0 radical (unpaired) electrons. The molecular weight excluding hydrogens is 311 g/mol. The third-order valence-electron chi connectivity index (χ3n) is 2.10. The second-order valence-electron chi connectivity index (χ2n) is 3.31. The average Bonchev–Trinajstić information content (AvgIpc) is 2.30. The highest BCUT2D eigenvalue weighted by Gasteiger charge is 2.28. The summed E-state index contributed by atoms with van der Waals surface area (Å²) in [5, 5.41) is 19.7. The number of hydrogen-bond donors (Lipinski definition) is 2. The minimum atomic E-state index is -1.65. The molecule has 2 atom stereocenters. The van der Waals surface area contributed by atoms with Crippen LogP contribution in [0.25, 0.3) is 0 Å². The van der Waals surface area contributed by atoms with Crippen LogP contribution in [0.15, 0.2) is 22.7 Å². The molecule has 2 unspecified atom stereocenters. The molecule has 0 spiro atoms. The van der Waals surface area contributed by atoms with E-state index in [1.807, 2.05) is 0 Å². The van der Waals surface area contributed by atoms with Crippen LogP contribution in [0.2, 0.25) is 5.02 Å². The molecule has 0 saturated heterocycles. The molecule has 94 valence electrons. The topological polar surface area (TPSA) is 66.8 Å². The maximum Gasteiger partial charge on any atom is 0.338 e.